The molecule has 0 fully saturated rings. The Morgan fingerprint density at radius 1 is 1.00 bits per heavy atom. The predicted molar refractivity (Wildman–Crippen MR) is 113 cm³/mol. The van der Waals surface area contributed by atoms with Crippen LogP contribution in [-0.2, 0) is 4.74 Å². The molecule has 1 aliphatic carbocycles. The molecule has 0 saturated carbocycles. The summed E-state index contributed by atoms with van der Waals surface area (Å²) in [5, 5.41) is 11.7. The Balaban J connectivity index is 1.56. The van der Waals surface area contributed by atoms with Gasteiger partial charge < -0.3 is 14.6 Å². The van der Waals surface area contributed by atoms with E-state index >= 15 is 0 Å². The van der Waals surface area contributed by atoms with Gasteiger partial charge >= 0.3 is 12.1 Å². The number of carboxylic acid groups (broad SMARTS) is 1. The Morgan fingerprint density at radius 3 is 2.19 bits per heavy atom. The van der Waals surface area contributed by atoms with Crippen molar-refractivity contribution in [1.29, 1.82) is 0 Å². The number of hydrogen-bond acceptors (Lipinski definition) is 4. The lowest BCUT2D eigenvalue weighted by Gasteiger charge is -2.17. The molecule has 0 aliphatic heterocycles. The highest BCUT2D eigenvalue weighted by molar-refractivity contribution is 6.01. The summed E-state index contributed by atoms with van der Waals surface area (Å²) in [7, 11) is 0. The number of carbonyl (C=O) groups excluding carboxylic acids is 1. The van der Waals surface area contributed by atoms with Crippen molar-refractivity contribution >= 4 is 17.7 Å². The van der Waals surface area contributed by atoms with Crippen LogP contribution in [0.25, 0.3) is 11.1 Å². The first-order valence-corrected chi connectivity index (χ1v) is 9.81. The van der Waals surface area contributed by atoms with Crippen LogP contribution in [0.3, 0.4) is 0 Å². The summed E-state index contributed by atoms with van der Waals surface area (Å²) in [6.45, 7) is 1.95. The molecule has 0 atom stereocenters. The van der Waals surface area contributed by atoms with Crippen molar-refractivity contribution in [2.45, 2.75) is 12.8 Å². The maximum Gasteiger partial charge on any atom is 0.411 e. The minimum atomic E-state index is -1.52. The zero-order valence-corrected chi connectivity index (χ0v) is 16.7. The van der Waals surface area contributed by atoms with Gasteiger partial charge in [-0.3, -0.25) is 5.32 Å². The van der Waals surface area contributed by atoms with Crippen LogP contribution in [0.1, 0.15) is 34.3 Å². The maximum absolute atomic E-state index is 14.1. The highest BCUT2D eigenvalue weighted by Gasteiger charge is 2.29. The quantitative estimate of drug-likeness (QED) is 0.565. The van der Waals surface area contributed by atoms with E-state index in [1.54, 1.807) is 6.92 Å². The van der Waals surface area contributed by atoms with Crippen molar-refractivity contribution in [3.8, 4) is 16.9 Å². The van der Waals surface area contributed by atoms with E-state index in [-0.39, 0.29) is 30.6 Å². The van der Waals surface area contributed by atoms with Crippen LogP contribution >= 0.6 is 0 Å². The molecule has 6 nitrogen and oxygen atoms in total. The number of aromatic carboxylic acids is 1. The standard InChI is InChI=1S/C24H20FNO5/c1-2-30-20-12-11-19(25)21(23(27)28)22(20)26-24(29)31-13-18-16-9-5-3-7-14(16)15-8-4-6-10-17(15)18/h3-12,18H,2,13H2,1H3,(H,26,29)(H,27,28). The van der Waals surface area contributed by atoms with Crippen LogP contribution in [0.4, 0.5) is 14.9 Å². The van der Waals surface area contributed by atoms with E-state index < -0.39 is 23.4 Å². The number of ether oxygens (including phenoxy) is 2. The highest BCUT2D eigenvalue weighted by atomic mass is 19.1. The first-order valence-electron chi connectivity index (χ1n) is 9.81. The van der Waals surface area contributed by atoms with Crippen LogP contribution in [0.2, 0.25) is 0 Å². The molecular formula is C24H20FNO5. The zero-order chi connectivity index (χ0) is 22.0. The average molecular weight is 421 g/mol. The number of nitrogens with one attached hydrogen (secondary N) is 1. The Morgan fingerprint density at radius 2 is 1.61 bits per heavy atom. The monoisotopic (exact) mass is 421 g/mol. The molecule has 3 aromatic rings. The molecule has 4 rings (SSSR count). The molecule has 158 valence electrons. The van der Waals surface area contributed by atoms with Crippen molar-refractivity contribution in [1.82, 2.24) is 0 Å². The molecule has 0 spiro atoms. The molecule has 0 saturated heterocycles. The molecule has 0 aromatic heterocycles. The molecule has 0 unspecified atom stereocenters. The number of halogens is 1. The number of benzene rings is 3. The third-order valence-electron chi connectivity index (χ3n) is 5.20. The first-order chi connectivity index (χ1) is 15.0. The van der Waals surface area contributed by atoms with E-state index in [2.05, 4.69) is 5.32 Å². The van der Waals surface area contributed by atoms with Gasteiger partial charge in [-0.1, -0.05) is 48.5 Å². The van der Waals surface area contributed by atoms with Crippen LogP contribution in [0.5, 0.6) is 5.75 Å². The molecule has 1 aliphatic rings. The molecule has 31 heavy (non-hydrogen) atoms. The molecule has 0 radical (unpaired) electrons. The average Bonchev–Trinajstić information content (AvgIpc) is 3.08. The van der Waals surface area contributed by atoms with Crippen LogP contribution < -0.4 is 10.1 Å². The van der Waals surface area contributed by atoms with E-state index in [1.165, 1.54) is 6.07 Å². The lowest BCUT2D eigenvalue weighted by molar-refractivity contribution is 0.0692. The predicted octanol–water partition coefficient (Wildman–Crippen LogP) is 5.28. The van der Waals surface area contributed by atoms with Crippen molar-refractivity contribution in [3.05, 3.63) is 83.2 Å². The minimum Gasteiger partial charge on any atom is -0.492 e. The van der Waals surface area contributed by atoms with E-state index in [4.69, 9.17) is 9.47 Å². The van der Waals surface area contributed by atoms with Crippen molar-refractivity contribution in [2.24, 2.45) is 0 Å². The normalized spacial score (nSPS) is 12.1. The van der Waals surface area contributed by atoms with Crippen molar-refractivity contribution in [2.75, 3.05) is 18.5 Å². The van der Waals surface area contributed by atoms with Gasteiger partial charge in [-0.15, -0.1) is 0 Å². The Hall–Kier alpha value is -3.87. The van der Waals surface area contributed by atoms with Crippen molar-refractivity contribution in [3.63, 3.8) is 0 Å². The Labute approximate surface area is 178 Å². The molecule has 2 N–H and O–H groups in total. The number of hydrogen-bond donors (Lipinski definition) is 2. The Bertz CT molecular complexity index is 1110. The second-order valence-corrected chi connectivity index (χ2v) is 6.98. The van der Waals surface area contributed by atoms with Gasteiger partial charge in [0.2, 0.25) is 0 Å². The maximum atomic E-state index is 14.1. The highest BCUT2D eigenvalue weighted by Crippen LogP contribution is 2.44. The number of carbonyl (C=O) groups is 2. The van der Waals surface area contributed by atoms with E-state index in [0.717, 1.165) is 28.3 Å². The van der Waals surface area contributed by atoms with E-state index in [9.17, 15) is 19.1 Å². The summed E-state index contributed by atoms with van der Waals surface area (Å²) >= 11 is 0. The van der Waals surface area contributed by atoms with Gasteiger partial charge in [-0.2, -0.15) is 0 Å². The summed E-state index contributed by atoms with van der Waals surface area (Å²) in [5.74, 6) is -2.61. The summed E-state index contributed by atoms with van der Waals surface area (Å²) in [5.41, 5.74) is 3.31. The van der Waals surface area contributed by atoms with Gasteiger partial charge in [-0.25, -0.2) is 14.0 Å². The zero-order valence-electron chi connectivity index (χ0n) is 16.7. The fourth-order valence-electron chi connectivity index (χ4n) is 3.90. The number of carboxylic acids is 1. The SMILES string of the molecule is CCOc1ccc(F)c(C(=O)O)c1NC(=O)OCC1c2ccccc2-c2ccccc21. The van der Waals surface area contributed by atoms with Gasteiger partial charge in [0, 0.05) is 5.92 Å². The minimum absolute atomic E-state index is 0.0432. The first kappa shape index (κ1) is 20.4. The fraction of sp³-hybridized carbons (Fsp3) is 0.167. The number of fused-ring (bicyclic) bond motifs is 3. The Kier molecular flexibility index (Phi) is 5.58. The summed E-state index contributed by atoms with van der Waals surface area (Å²) in [6, 6.07) is 18.0. The van der Waals surface area contributed by atoms with Crippen molar-refractivity contribution < 1.29 is 28.6 Å². The second kappa shape index (κ2) is 8.47. The summed E-state index contributed by atoms with van der Waals surface area (Å²) < 4.78 is 24.9. The topological polar surface area (TPSA) is 84.9 Å². The van der Waals surface area contributed by atoms with Crippen LogP contribution in [0, 0.1) is 5.82 Å². The van der Waals surface area contributed by atoms with Gasteiger partial charge in [0.05, 0.1) is 6.61 Å². The van der Waals surface area contributed by atoms with E-state index in [0.29, 0.717) is 0 Å². The number of amides is 1. The van der Waals surface area contributed by atoms with Gasteiger partial charge in [0.15, 0.2) is 0 Å². The molecule has 3 aromatic carbocycles. The summed E-state index contributed by atoms with van der Waals surface area (Å²) in [4.78, 5) is 24.1. The number of anilines is 1. The molecule has 0 heterocycles. The third kappa shape index (κ3) is 3.82. The van der Waals surface area contributed by atoms with Gasteiger partial charge in [-0.05, 0) is 41.3 Å². The lowest BCUT2D eigenvalue weighted by Crippen LogP contribution is -2.20. The smallest absolute Gasteiger partial charge is 0.411 e. The molecule has 0 bridgehead atoms. The molecular weight excluding hydrogens is 401 g/mol. The van der Waals surface area contributed by atoms with E-state index in [1.807, 2.05) is 48.5 Å². The summed E-state index contributed by atoms with van der Waals surface area (Å²) in [6.07, 6.45) is -0.893. The fourth-order valence-corrected chi connectivity index (χ4v) is 3.90. The molecule has 7 heteroatoms. The third-order valence-corrected chi connectivity index (χ3v) is 5.20. The van der Waals surface area contributed by atoms with Gasteiger partial charge in [0.1, 0.15) is 29.4 Å². The van der Waals surface area contributed by atoms with Gasteiger partial charge in [0.25, 0.3) is 0 Å². The largest absolute Gasteiger partial charge is 0.492 e. The number of rotatable bonds is 6. The molecule has 1 amide bonds. The second-order valence-electron chi connectivity index (χ2n) is 6.98. The van der Waals surface area contributed by atoms with Crippen LogP contribution in [-0.4, -0.2) is 30.4 Å². The lowest BCUT2D eigenvalue weighted by atomic mass is 9.98. The van der Waals surface area contributed by atoms with Crippen LogP contribution in [0.15, 0.2) is 60.7 Å².